The van der Waals surface area contributed by atoms with Crippen LogP contribution in [0, 0.1) is 0 Å². The van der Waals surface area contributed by atoms with Gasteiger partial charge in [0.2, 0.25) is 5.91 Å². The van der Waals surface area contributed by atoms with Gasteiger partial charge in [0, 0.05) is 6.54 Å². The van der Waals surface area contributed by atoms with Crippen molar-refractivity contribution in [2.75, 3.05) is 25.2 Å². The molecular weight excluding hydrogens is 150 g/mol. The number of hydrogen-bond acceptors (Lipinski definition) is 3. The molecule has 10 heavy (non-hydrogen) atoms. The van der Waals surface area contributed by atoms with E-state index in [1.807, 2.05) is 6.26 Å². The number of carbonyl (C=O) groups excluding carboxylic acids is 1. The average molecular weight is 163 g/mol. The number of hydrogen-bond donors (Lipinski definition) is 2. The van der Waals surface area contributed by atoms with Crippen LogP contribution in [0.2, 0.25) is 0 Å². The Morgan fingerprint density at radius 1 is 1.70 bits per heavy atom. The van der Waals surface area contributed by atoms with Gasteiger partial charge in [-0.25, -0.2) is 0 Å². The first-order valence-electron chi connectivity index (χ1n) is 3.17. The van der Waals surface area contributed by atoms with Gasteiger partial charge in [0.05, 0.1) is 0 Å². The van der Waals surface area contributed by atoms with Crippen LogP contribution >= 0.6 is 11.8 Å². The molecule has 0 radical (unpaired) electrons. The second kappa shape index (κ2) is 6.89. The van der Waals surface area contributed by atoms with Gasteiger partial charge in [0.25, 0.3) is 0 Å². The van der Waals surface area contributed by atoms with Gasteiger partial charge >= 0.3 is 0 Å². The molecule has 0 heterocycles. The van der Waals surface area contributed by atoms with Crippen molar-refractivity contribution in [2.45, 2.75) is 6.42 Å². The van der Waals surface area contributed by atoms with Crippen molar-refractivity contribution in [2.24, 2.45) is 0 Å². The van der Waals surface area contributed by atoms with Crippen molar-refractivity contribution >= 4 is 17.7 Å². The van der Waals surface area contributed by atoms with Crippen LogP contribution in [0.4, 0.5) is 0 Å². The first-order chi connectivity index (χ1) is 4.81. The van der Waals surface area contributed by atoms with Crippen molar-refractivity contribution in [3.8, 4) is 0 Å². The molecule has 0 saturated carbocycles. The highest BCUT2D eigenvalue weighted by atomic mass is 32.2. The van der Waals surface area contributed by atoms with Crippen LogP contribution in [0.1, 0.15) is 6.42 Å². The van der Waals surface area contributed by atoms with Gasteiger partial charge in [-0.1, -0.05) is 0 Å². The number of carbonyl (C=O) groups is 1. The molecule has 0 fully saturated rings. The Labute approximate surface area is 65.2 Å². The fourth-order valence-corrected chi connectivity index (χ4v) is 0.933. The van der Waals surface area contributed by atoms with E-state index in [2.05, 4.69) is 5.32 Å². The predicted molar refractivity (Wildman–Crippen MR) is 43.1 cm³/mol. The zero-order valence-corrected chi connectivity index (χ0v) is 6.91. The Morgan fingerprint density at radius 3 is 2.90 bits per heavy atom. The lowest BCUT2D eigenvalue weighted by atomic mass is 10.5. The molecule has 2 N–H and O–H groups in total. The lowest BCUT2D eigenvalue weighted by Gasteiger charge is -2.00. The fourth-order valence-electron chi connectivity index (χ4n) is 0.500. The second-order valence-electron chi connectivity index (χ2n) is 1.85. The summed E-state index contributed by atoms with van der Waals surface area (Å²) >= 11 is 1.75. The molecule has 0 unspecified atom stereocenters. The third kappa shape index (κ3) is 5.91. The van der Waals surface area contributed by atoms with E-state index in [1.54, 1.807) is 11.8 Å². The number of nitrogens with one attached hydrogen (secondary N) is 1. The van der Waals surface area contributed by atoms with Crippen LogP contribution in [0.15, 0.2) is 0 Å². The summed E-state index contributed by atoms with van der Waals surface area (Å²) in [5.41, 5.74) is 0. The smallest absolute Gasteiger partial charge is 0.245 e. The van der Waals surface area contributed by atoms with Crippen LogP contribution < -0.4 is 5.32 Å². The van der Waals surface area contributed by atoms with Gasteiger partial charge in [-0.15, -0.1) is 0 Å². The van der Waals surface area contributed by atoms with Gasteiger partial charge in [0.15, 0.2) is 0 Å². The van der Waals surface area contributed by atoms with Crippen molar-refractivity contribution in [1.82, 2.24) is 5.32 Å². The molecule has 60 valence electrons. The van der Waals surface area contributed by atoms with Crippen LogP contribution in [-0.4, -0.2) is 36.2 Å². The van der Waals surface area contributed by atoms with Crippen LogP contribution in [0.5, 0.6) is 0 Å². The van der Waals surface area contributed by atoms with Crippen molar-refractivity contribution in [3.05, 3.63) is 0 Å². The molecule has 1 amide bonds. The standard InChI is InChI=1S/C6H13NO2S/c1-10-4-2-3-7-6(9)5-8/h8H,2-5H2,1H3,(H,7,9). The summed E-state index contributed by atoms with van der Waals surface area (Å²) in [7, 11) is 0. The Morgan fingerprint density at radius 2 is 2.40 bits per heavy atom. The second-order valence-corrected chi connectivity index (χ2v) is 2.84. The number of amides is 1. The molecule has 0 saturated heterocycles. The quantitative estimate of drug-likeness (QED) is 0.554. The number of thioether (sulfide) groups is 1. The number of aliphatic hydroxyl groups excluding tert-OH is 1. The fraction of sp³-hybridized carbons (Fsp3) is 0.833. The summed E-state index contributed by atoms with van der Waals surface area (Å²) in [5, 5.41) is 10.8. The van der Waals surface area contributed by atoms with Crippen LogP contribution in [0.25, 0.3) is 0 Å². The summed E-state index contributed by atoms with van der Waals surface area (Å²) in [6.07, 6.45) is 2.99. The lowest BCUT2D eigenvalue weighted by Crippen LogP contribution is -2.27. The van der Waals surface area contributed by atoms with Crippen molar-refractivity contribution in [3.63, 3.8) is 0 Å². The molecule has 0 aliphatic rings. The van der Waals surface area contributed by atoms with E-state index < -0.39 is 6.61 Å². The molecule has 0 aromatic rings. The lowest BCUT2D eigenvalue weighted by molar-refractivity contribution is -0.123. The van der Waals surface area contributed by atoms with E-state index in [4.69, 9.17) is 5.11 Å². The number of aliphatic hydroxyl groups is 1. The van der Waals surface area contributed by atoms with Crippen LogP contribution in [-0.2, 0) is 4.79 Å². The molecule has 0 aliphatic carbocycles. The molecule has 0 rings (SSSR count). The third-order valence-electron chi connectivity index (χ3n) is 0.991. The largest absolute Gasteiger partial charge is 0.387 e. The van der Waals surface area contributed by atoms with E-state index >= 15 is 0 Å². The first-order valence-corrected chi connectivity index (χ1v) is 4.57. The van der Waals surface area contributed by atoms with Gasteiger partial charge in [0.1, 0.15) is 6.61 Å². The molecule has 0 aromatic heterocycles. The molecular formula is C6H13NO2S. The molecule has 3 nitrogen and oxygen atoms in total. The Balaban J connectivity index is 2.96. The maximum Gasteiger partial charge on any atom is 0.245 e. The minimum atomic E-state index is -0.404. The summed E-state index contributed by atoms with van der Waals surface area (Å²) in [4.78, 5) is 10.4. The predicted octanol–water partition coefficient (Wildman–Crippen LogP) is -0.152. The highest BCUT2D eigenvalue weighted by Crippen LogP contribution is 1.92. The van der Waals surface area contributed by atoms with Gasteiger partial charge in [-0.3, -0.25) is 4.79 Å². The van der Waals surface area contributed by atoms with Gasteiger partial charge in [-0.05, 0) is 18.4 Å². The monoisotopic (exact) mass is 163 g/mol. The summed E-state index contributed by atoms with van der Waals surface area (Å²) in [6, 6.07) is 0. The summed E-state index contributed by atoms with van der Waals surface area (Å²) < 4.78 is 0. The third-order valence-corrected chi connectivity index (χ3v) is 1.69. The highest BCUT2D eigenvalue weighted by molar-refractivity contribution is 7.98. The molecule has 0 bridgehead atoms. The van der Waals surface area contributed by atoms with E-state index in [1.165, 1.54) is 0 Å². The van der Waals surface area contributed by atoms with Crippen molar-refractivity contribution in [1.29, 1.82) is 0 Å². The van der Waals surface area contributed by atoms with Gasteiger partial charge < -0.3 is 10.4 Å². The van der Waals surface area contributed by atoms with Crippen molar-refractivity contribution < 1.29 is 9.90 Å². The van der Waals surface area contributed by atoms with E-state index in [0.29, 0.717) is 6.54 Å². The van der Waals surface area contributed by atoms with E-state index in [9.17, 15) is 4.79 Å². The Kier molecular flexibility index (Phi) is 6.74. The maximum atomic E-state index is 10.4. The van der Waals surface area contributed by atoms with E-state index in [-0.39, 0.29) is 5.91 Å². The normalized spacial score (nSPS) is 9.40. The maximum absolute atomic E-state index is 10.4. The molecule has 0 aliphatic heterocycles. The Bertz CT molecular complexity index is 97.7. The zero-order chi connectivity index (χ0) is 7.82. The van der Waals surface area contributed by atoms with Crippen LogP contribution in [0.3, 0.4) is 0 Å². The highest BCUT2D eigenvalue weighted by Gasteiger charge is 1.94. The minimum Gasteiger partial charge on any atom is -0.387 e. The molecule has 4 heteroatoms. The summed E-state index contributed by atoms with van der Waals surface area (Å²) in [6.45, 7) is 0.263. The Hall–Kier alpha value is -0.220. The molecule has 0 aromatic carbocycles. The van der Waals surface area contributed by atoms with E-state index in [0.717, 1.165) is 12.2 Å². The van der Waals surface area contributed by atoms with Gasteiger partial charge in [-0.2, -0.15) is 11.8 Å². The summed E-state index contributed by atoms with van der Waals surface area (Å²) in [5.74, 6) is 0.757. The zero-order valence-electron chi connectivity index (χ0n) is 6.09. The molecule has 0 atom stereocenters. The minimum absolute atomic E-state index is 0.291. The molecule has 0 spiro atoms. The average Bonchev–Trinajstić information content (AvgIpc) is 1.98. The first kappa shape index (κ1) is 9.78. The topological polar surface area (TPSA) is 49.3 Å². The SMILES string of the molecule is CSCCCNC(=O)CO. The number of rotatable bonds is 5.